The Hall–Kier alpha value is -3.20. The minimum atomic E-state index is -5.00. The molecule has 0 atom stereocenters. The van der Waals surface area contributed by atoms with Gasteiger partial charge in [-0.3, -0.25) is 9.69 Å². The second-order valence-electron chi connectivity index (χ2n) is 8.81. The Labute approximate surface area is 221 Å². The van der Waals surface area contributed by atoms with Crippen molar-refractivity contribution in [3.63, 3.8) is 0 Å². The number of hydrogen-bond acceptors (Lipinski definition) is 9. The van der Waals surface area contributed by atoms with Crippen LogP contribution in [-0.4, -0.2) is 50.1 Å². The smallest absolute Gasteiger partial charge is 0.322 e. The second-order valence-corrected chi connectivity index (χ2v) is 11.2. The van der Waals surface area contributed by atoms with Gasteiger partial charge in [-0.2, -0.15) is 8.42 Å². The van der Waals surface area contributed by atoms with Crippen LogP contribution in [0, 0.1) is 17.5 Å². The molecule has 1 aliphatic rings. The van der Waals surface area contributed by atoms with Gasteiger partial charge in [-0.15, -0.1) is 11.3 Å². The van der Waals surface area contributed by atoms with E-state index in [1.165, 1.54) is 17.0 Å². The molecule has 0 radical (unpaired) electrons. The van der Waals surface area contributed by atoms with Gasteiger partial charge in [0.05, 0.1) is 11.1 Å². The van der Waals surface area contributed by atoms with E-state index in [4.69, 9.17) is 4.74 Å². The van der Waals surface area contributed by atoms with Crippen molar-refractivity contribution in [3.05, 3.63) is 69.8 Å². The van der Waals surface area contributed by atoms with Crippen LogP contribution in [0.2, 0.25) is 0 Å². The lowest BCUT2D eigenvalue weighted by molar-refractivity contribution is -0.131. The zero-order valence-corrected chi connectivity index (χ0v) is 22.1. The topological polar surface area (TPSA) is 101 Å². The number of ether oxygens (including phenoxy) is 1. The number of anilines is 2. The average Bonchev–Trinajstić information content (AvgIpc) is 3.35. The Balaban J connectivity index is 1.52. The molecular formula is C24H25F3N4O5S2. The first-order valence-corrected chi connectivity index (χ1v) is 13.9. The quantitative estimate of drug-likeness (QED) is 0.257. The van der Waals surface area contributed by atoms with E-state index in [2.05, 4.69) is 20.0 Å². The Bertz CT molecular complexity index is 1380. The largest absolute Gasteiger partial charge is 0.381 e. The molecule has 38 heavy (non-hydrogen) atoms. The summed E-state index contributed by atoms with van der Waals surface area (Å²) in [5.74, 6) is -3.72. The van der Waals surface area contributed by atoms with E-state index in [1.54, 1.807) is 12.1 Å². The number of halogens is 3. The molecule has 1 N–H and O–H groups in total. The third-order valence-electron chi connectivity index (χ3n) is 5.91. The Kier molecular flexibility index (Phi) is 8.25. The first-order chi connectivity index (χ1) is 18.1. The van der Waals surface area contributed by atoms with E-state index in [0.29, 0.717) is 37.4 Å². The van der Waals surface area contributed by atoms with Crippen molar-refractivity contribution in [3.8, 4) is 0 Å². The van der Waals surface area contributed by atoms with Crippen molar-refractivity contribution in [2.75, 3.05) is 29.5 Å². The first-order valence-electron chi connectivity index (χ1n) is 11.5. The molecule has 1 fully saturated rings. The van der Waals surface area contributed by atoms with Gasteiger partial charge in [0.15, 0.2) is 10.7 Å². The van der Waals surface area contributed by atoms with Crippen LogP contribution in [0.5, 0.6) is 0 Å². The molecule has 4 rings (SSSR count). The zero-order chi connectivity index (χ0) is 27.5. The molecule has 14 heteroatoms. The Morgan fingerprint density at radius 2 is 1.92 bits per heavy atom. The lowest BCUT2D eigenvalue weighted by Gasteiger charge is -2.47. The predicted octanol–water partition coefficient (Wildman–Crippen LogP) is 4.07. The summed E-state index contributed by atoms with van der Waals surface area (Å²) in [6.07, 6.45) is 0. The van der Waals surface area contributed by atoms with Crippen LogP contribution in [-0.2, 0) is 37.5 Å². The van der Waals surface area contributed by atoms with Crippen LogP contribution >= 0.6 is 11.3 Å². The lowest BCUT2D eigenvalue weighted by Crippen LogP contribution is -2.60. The maximum absolute atomic E-state index is 15.0. The van der Waals surface area contributed by atoms with Crippen LogP contribution in [0.15, 0.2) is 46.1 Å². The highest BCUT2D eigenvalue weighted by Crippen LogP contribution is 2.31. The number of carbonyl (C=O) groups is 1. The van der Waals surface area contributed by atoms with E-state index < -0.39 is 32.4 Å². The molecule has 3 aromatic rings. The van der Waals surface area contributed by atoms with Gasteiger partial charge in [-0.25, -0.2) is 18.2 Å². The van der Waals surface area contributed by atoms with Gasteiger partial charge >= 0.3 is 16.5 Å². The number of aromatic nitrogens is 1. The van der Waals surface area contributed by atoms with E-state index in [9.17, 15) is 26.4 Å². The van der Waals surface area contributed by atoms with Crippen molar-refractivity contribution in [1.82, 2.24) is 9.88 Å². The molecule has 1 saturated heterocycles. The number of benzene rings is 2. The highest BCUT2D eigenvalue weighted by atomic mass is 32.2. The standard InChI is InChI=1S/C24H25F3N4O5S2/c1-3-35-24(2)12-30(13-24)10-16-5-4-6-19(25)18(16)9-28-17-7-20(26)23(21(27)8-17)38(33,34)31(36-15-32)22-11-37-14-29-22/h4-8,11,14-15,28H,3,9-10,12-13H2,1-2H3. The molecule has 9 nitrogen and oxygen atoms in total. The summed E-state index contributed by atoms with van der Waals surface area (Å²) in [6.45, 7) is 6.04. The zero-order valence-electron chi connectivity index (χ0n) is 20.5. The Morgan fingerprint density at radius 3 is 2.53 bits per heavy atom. The van der Waals surface area contributed by atoms with E-state index in [-0.39, 0.29) is 34.6 Å². The summed E-state index contributed by atoms with van der Waals surface area (Å²) in [5, 5.41) is 3.98. The molecule has 0 spiro atoms. The molecule has 0 saturated carbocycles. The monoisotopic (exact) mass is 570 g/mol. The van der Waals surface area contributed by atoms with Crippen molar-refractivity contribution in [2.24, 2.45) is 0 Å². The number of likely N-dealkylation sites (tertiary alicyclic amines) is 1. The minimum absolute atomic E-state index is 0.0308. The van der Waals surface area contributed by atoms with Gasteiger partial charge in [0.25, 0.3) is 0 Å². The SMILES string of the molecule is CCOC1(C)CN(Cc2cccc(F)c2CNc2cc(F)c(S(=O)(=O)N(OC=O)c3cscn3)c(F)c2)C1. The summed E-state index contributed by atoms with van der Waals surface area (Å²) in [7, 11) is -5.00. The molecule has 1 aromatic heterocycles. The maximum atomic E-state index is 15.0. The van der Waals surface area contributed by atoms with Crippen molar-refractivity contribution < 1.29 is 36.0 Å². The van der Waals surface area contributed by atoms with Gasteiger partial charge in [-0.1, -0.05) is 16.6 Å². The van der Waals surface area contributed by atoms with Gasteiger partial charge < -0.3 is 14.9 Å². The van der Waals surface area contributed by atoms with E-state index >= 15 is 0 Å². The summed E-state index contributed by atoms with van der Waals surface area (Å²) in [6, 6.07) is 6.18. The summed E-state index contributed by atoms with van der Waals surface area (Å²) >= 11 is 0.983. The molecule has 0 aliphatic carbocycles. The summed E-state index contributed by atoms with van der Waals surface area (Å²) < 4.78 is 76.2. The van der Waals surface area contributed by atoms with Crippen LogP contribution < -0.4 is 9.79 Å². The fraction of sp³-hybridized carbons (Fsp3) is 0.333. The number of hydrogen-bond donors (Lipinski definition) is 1. The second kappa shape index (κ2) is 11.3. The highest BCUT2D eigenvalue weighted by molar-refractivity contribution is 7.92. The first kappa shape index (κ1) is 27.8. The van der Waals surface area contributed by atoms with E-state index in [1.807, 2.05) is 13.8 Å². The lowest BCUT2D eigenvalue weighted by atomic mass is 9.94. The number of rotatable bonds is 12. The third kappa shape index (κ3) is 5.77. The molecular weight excluding hydrogens is 545 g/mol. The normalized spacial score (nSPS) is 15.1. The highest BCUT2D eigenvalue weighted by Gasteiger charge is 2.39. The predicted molar refractivity (Wildman–Crippen MR) is 134 cm³/mol. The minimum Gasteiger partial charge on any atom is -0.381 e. The molecule has 0 bridgehead atoms. The van der Waals surface area contributed by atoms with Crippen LogP contribution in [0.3, 0.4) is 0 Å². The van der Waals surface area contributed by atoms with Gasteiger partial charge in [0.1, 0.15) is 17.5 Å². The average molecular weight is 571 g/mol. The Morgan fingerprint density at radius 1 is 1.21 bits per heavy atom. The summed E-state index contributed by atoms with van der Waals surface area (Å²) in [5.41, 5.74) is 1.90. The van der Waals surface area contributed by atoms with Gasteiger partial charge in [0, 0.05) is 49.4 Å². The molecule has 0 amide bonds. The molecule has 2 heterocycles. The van der Waals surface area contributed by atoms with Crippen LogP contribution in [0.1, 0.15) is 25.0 Å². The fourth-order valence-corrected chi connectivity index (χ4v) is 6.24. The summed E-state index contributed by atoms with van der Waals surface area (Å²) in [4.78, 5) is 19.8. The fourth-order valence-electron chi connectivity index (χ4n) is 4.39. The van der Waals surface area contributed by atoms with Crippen LogP contribution in [0.4, 0.5) is 24.7 Å². The molecule has 1 aliphatic heterocycles. The molecule has 2 aromatic carbocycles. The van der Waals surface area contributed by atoms with Crippen molar-refractivity contribution in [1.29, 1.82) is 0 Å². The number of nitrogens with one attached hydrogen (secondary N) is 1. The molecule has 0 unspecified atom stereocenters. The van der Waals surface area contributed by atoms with Crippen molar-refractivity contribution in [2.45, 2.75) is 37.4 Å². The van der Waals surface area contributed by atoms with Crippen molar-refractivity contribution >= 4 is 39.3 Å². The van der Waals surface area contributed by atoms with Gasteiger partial charge in [0.2, 0.25) is 0 Å². The number of nitrogens with zero attached hydrogens (tertiary/aromatic N) is 3. The molecule has 204 valence electrons. The number of thiazole rings is 1. The number of carbonyl (C=O) groups excluding carboxylic acids is 1. The van der Waals surface area contributed by atoms with Gasteiger partial charge in [-0.05, 0) is 37.6 Å². The maximum Gasteiger partial charge on any atom is 0.322 e. The third-order valence-corrected chi connectivity index (χ3v) is 8.10. The van der Waals surface area contributed by atoms with Crippen LogP contribution in [0.25, 0.3) is 0 Å². The number of sulfonamides is 1. The van der Waals surface area contributed by atoms with E-state index in [0.717, 1.165) is 23.5 Å².